The molecule has 0 saturated carbocycles. The second-order valence-electron chi connectivity index (χ2n) is 7.59. The van der Waals surface area contributed by atoms with Crippen molar-refractivity contribution in [1.29, 1.82) is 0 Å². The Bertz CT molecular complexity index is 1210. The maximum absolute atomic E-state index is 10.0. The van der Waals surface area contributed by atoms with Crippen LogP contribution in [-0.4, -0.2) is 51.2 Å². The first kappa shape index (κ1) is 18.3. The first-order valence-corrected chi connectivity index (χ1v) is 10.0. The Morgan fingerprint density at radius 1 is 0.800 bits per heavy atom. The summed E-state index contributed by atoms with van der Waals surface area (Å²) in [6, 6.07) is 18.8. The van der Waals surface area contributed by atoms with E-state index in [0.29, 0.717) is 0 Å². The van der Waals surface area contributed by atoms with E-state index >= 15 is 0 Å². The highest BCUT2D eigenvalue weighted by molar-refractivity contribution is 5.91. The van der Waals surface area contributed by atoms with Gasteiger partial charge in [-0.15, -0.1) is 10.2 Å². The van der Waals surface area contributed by atoms with Gasteiger partial charge in [-0.25, -0.2) is 0 Å². The summed E-state index contributed by atoms with van der Waals surface area (Å²) in [7, 11) is 1.99. The van der Waals surface area contributed by atoms with E-state index in [1.807, 2.05) is 54.1 Å². The SMILES string of the molecule is Cn1c(-c2ccc3c(O)cccc3c2)nnc1N1CCN(c2cccc(O)c2)CC1. The van der Waals surface area contributed by atoms with Gasteiger partial charge in [-0.3, -0.25) is 4.57 Å². The molecular weight excluding hydrogens is 378 g/mol. The lowest BCUT2D eigenvalue weighted by Crippen LogP contribution is -2.47. The van der Waals surface area contributed by atoms with Gasteiger partial charge in [0.2, 0.25) is 5.95 Å². The summed E-state index contributed by atoms with van der Waals surface area (Å²) in [4.78, 5) is 4.51. The third-order valence-corrected chi connectivity index (χ3v) is 5.72. The number of phenolic OH excluding ortho intramolecular Hbond substituents is 2. The second-order valence-corrected chi connectivity index (χ2v) is 7.59. The van der Waals surface area contributed by atoms with Gasteiger partial charge in [0.25, 0.3) is 0 Å². The predicted molar refractivity (Wildman–Crippen MR) is 118 cm³/mol. The van der Waals surface area contributed by atoms with Crippen molar-refractivity contribution in [3.63, 3.8) is 0 Å². The van der Waals surface area contributed by atoms with E-state index in [1.54, 1.807) is 18.2 Å². The molecule has 0 aliphatic carbocycles. The molecule has 7 nitrogen and oxygen atoms in total. The molecule has 1 fully saturated rings. The molecule has 0 unspecified atom stereocenters. The largest absolute Gasteiger partial charge is 0.508 e. The fourth-order valence-electron chi connectivity index (χ4n) is 4.11. The molecule has 3 aromatic carbocycles. The average molecular weight is 401 g/mol. The molecule has 0 bridgehead atoms. The molecule has 0 radical (unpaired) electrons. The molecule has 0 spiro atoms. The summed E-state index contributed by atoms with van der Waals surface area (Å²) in [5.41, 5.74) is 2.00. The number of hydrogen-bond acceptors (Lipinski definition) is 6. The Balaban J connectivity index is 1.37. The van der Waals surface area contributed by atoms with Crippen LogP contribution in [0, 0.1) is 0 Å². The topological polar surface area (TPSA) is 77.7 Å². The summed E-state index contributed by atoms with van der Waals surface area (Å²) in [5, 5.41) is 30.4. The molecule has 1 saturated heterocycles. The van der Waals surface area contributed by atoms with Crippen LogP contribution in [0.15, 0.2) is 60.7 Å². The smallest absolute Gasteiger partial charge is 0.227 e. The molecule has 2 N–H and O–H groups in total. The highest BCUT2D eigenvalue weighted by atomic mass is 16.3. The van der Waals surface area contributed by atoms with Gasteiger partial charge >= 0.3 is 0 Å². The van der Waals surface area contributed by atoms with E-state index in [1.165, 1.54) is 0 Å². The quantitative estimate of drug-likeness (QED) is 0.548. The number of aromatic nitrogens is 3. The normalized spacial score (nSPS) is 14.4. The van der Waals surface area contributed by atoms with E-state index in [0.717, 1.165) is 60.0 Å². The molecule has 0 atom stereocenters. The first-order chi connectivity index (χ1) is 14.6. The Morgan fingerprint density at radius 3 is 2.37 bits per heavy atom. The molecule has 1 aliphatic rings. The molecule has 2 heterocycles. The number of benzene rings is 3. The number of phenols is 2. The zero-order chi connectivity index (χ0) is 20.7. The third kappa shape index (κ3) is 3.18. The van der Waals surface area contributed by atoms with E-state index < -0.39 is 0 Å². The summed E-state index contributed by atoms with van der Waals surface area (Å²) >= 11 is 0. The number of anilines is 2. The molecule has 5 rings (SSSR count). The van der Waals surface area contributed by atoms with Gasteiger partial charge in [0.15, 0.2) is 5.82 Å². The highest BCUT2D eigenvalue weighted by Crippen LogP contribution is 2.30. The van der Waals surface area contributed by atoms with E-state index in [4.69, 9.17) is 0 Å². The summed E-state index contributed by atoms with van der Waals surface area (Å²) in [6.07, 6.45) is 0. The lowest BCUT2D eigenvalue weighted by atomic mass is 10.1. The van der Waals surface area contributed by atoms with Gasteiger partial charge in [-0.2, -0.15) is 0 Å². The van der Waals surface area contributed by atoms with Crippen LogP contribution in [0.2, 0.25) is 0 Å². The van der Waals surface area contributed by atoms with E-state index in [-0.39, 0.29) is 11.5 Å². The van der Waals surface area contributed by atoms with Crippen molar-refractivity contribution in [3.8, 4) is 22.9 Å². The average Bonchev–Trinajstić information content (AvgIpc) is 3.15. The monoisotopic (exact) mass is 401 g/mol. The van der Waals surface area contributed by atoms with Crippen LogP contribution < -0.4 is 9.80 Å². The van der Waals surface area contributed by atoms with E-state index in [2.05, 4.69) is 20.0 Å². The zero-order valence-electron chi connectivity index (χ0n) is 16.7. The van der Waals surface area contributed by atoms with Crippen LogP contribution in [0.3, 0.4) is 0 Å². The minimum Gasteiger partial charge on any atom is -0.508 e. The van der Waals surface area contributed by atoms with E-state index in [9.17, 15) is 10.2 Å². The standard InChI is InChI=1S/C23H23N5O2/c1-26-22(17-8-9-20-16(14-17)4-2-7-21(20)30)24-25-23(26)28-12-10-27(11-13-28)18-5-3-6-19(29)15-18/h2-9,14-15,29-30H,10-13H2,1H3. The maximum atomic E-state index is 10.0. The van der Waals surface area contributed by atoms with Gasteiger partial charge in [-0.05, 0) is 35.7 Å². The van der Waals surface area contributed by atoms with Crippen molar-refractivity contribution >= 4 is 22.4 Å². The minimum atomic E-state index is 0.280. The first-order valence-electron chi connectivity index (χ1n) is 10.0. The molecule has 152 valence electrons. The second kappa shape index (κ2) is 7.26. The zero-order valence-corrected chi connectivity index (χ0v) is 16.7. The fourth-order valence-corrected chi connectivity index (χ4v) is 4.11. The minimum absolute atomic E-state index is 0.280. The van der Waals surface area contributed by atoms with Crippen LogP contribution in [0.25, 0.3) is 22.2 Å². The van der Waals surface area contributed by atoms with Gasteiger partial charge in [-0.1, -0.05) is 24.3 Å². The summed E-state index contributed by atoms with van der Waals surface area (Å²) in [5.74, 6) is 2.21. The molecule has 0 amide bonds. The van der Waals surface area contributed by atoms with Crippen LogP contribution in [-0.2, 0) is 7.05 Å². The molecular formula is C23H23N5O2. The van der Waals surface area contributed by atoms with Crippen molar-refractivity contribution in [2.75, 3.05) is 36.0 Å². The van der Waals surface area contributed by atoms with Crippen molar-refractivity contribution in [3.05, 3.63) is 60.7 Å². The maximum Gasteiger partial charge on any atom is 0.227 e. The molecule has 1 aliphatic heterocycles. The molecule has 30 heavy (non-hydrogen) atoms. The summed E-state index contributed by atoms with van der Waals surface area (Å²) in [6.45, 7) is 3.35. The number of fused-ring (bicyclic) bond motifs is 1. The van der Waals surface area contributed by atoms with Crippen LogP contribution in [0.1, 0.15) is 0 Å². The Hall–Kier alpha value is -3.74. The number of aromatic hydroxyl groups is 2. The Kier molecular flexibility index (Phi) is 4.43. The van der Waals surface area contributed by atoms with Crippen LogP contribution in [0.4, 0.5) is 11.6 Å². The van der Waals surface area contributed by atoms with Crippen molar-refractivity contribution in [2.24, 2.45) is 7.05 Å². The Morgan fingerprint density at radius 2 is 1.57 bits per heavy atom. The van der Waals surface area contributed by atoms with Crippen LogP contribution >= 0.6 is 0 Å². The molecule has 7 heteroatoms. The van der Waals surface area contributed by atoms with Gasteiger partial charge in [0.1, 0.15) is 11.5 Å². The third-order valence-electron chi connectivity index (χ3n) is 5.72. The van der Waals surface area contributed by atoms with Gasteiger partial charge in [0, 0.05) is 55.9 Å². The fraction of sp³-hybridized carbons (Fsp3) is 0.217. The van der Waals surface area contributed by atoms with Crippen molar-refractivity contribution in [1.82, 2.24) is 14.8 Å². The van der Waals surface area contributed by atoms with Gasteiger partial charge in [0.05, 0.1) is 0 Å². The number of rotatable bonds is 3. The van der Waals surface area contributed by atoms with Crippen LogP contribution in [0.5, 0.6) is 11.5 Å². The molecule has 1 aromatic heterocycles. The predicted octanol–water partition coefficient (Wildman–Crippen LogP) is 3.37. The number of nitrogens with zero attached hydrogens (tertiary/aromatic N) is 5. The highest BCUT2D eigenvalue weighted by Gasteiger charge is 2.22. The number of hydrogen-bond donors (Lipinski definition) is 2. The van der Waals surface area contributed by atoms with Crippen molar-refractivity contribution < 1.29 is 10.2 Å². The molecule has 4 aromatic rings. The summed E-state index contributed by atoms with van der Waals surface area (Å²) < 4.78 is 2.02. The van der Waals surface area contributed by atoms with Crippen molar-refractivity contribution in [2.45, 2.75) is 0 Å². The Labute approximate surface area is 174 Å². The lowest BCUT2D eigenvalue weighted by molar-refractivity contribution is 0.475. The van der Waals surface area contributed by atoms with Gasteiger partial charge < -0.3 is 20.0 Å². The number of piperazine rings is 1. The lowest BCUT2D eigenvalue weighted by Gasteiger charge is -2.36.